The molecule has 34 heavy (non-hydrogen) atoms. The molecule has 0 spiro atoms. The molecule has 180 valence electrons. The van der Waals surface area contributed by atoms with E-state index in [4.69, 9.17) is 9.47 Å². The van der Waals surface area contributed by atoms with Crippen LogP contribution in [0.5, 0.6) is 0 Å². The molecular formula is C25H28N2O6S. The number of aromatic nitrogens is 1. The van der Waals surface area contributed by atoms with Crippen molar-refractivity contribution in [3.63, 3.8) is 0 Å². The van der Waals surface area contributed by atoms with Crippen molar-refractivity contribution in [2.24, 2.45) is 0 Å². The third kappa shape index (κ3) is 4.64. The van der Waals surface area contributed by atoms with Gasteiger partial charge in [0.05, 0.1) is 29.2 Å². The lowest BCUT2D eigenvalue weighted by molar-refractivity contribution is 0.0596. The first-order valence-corrected chi connectivity index (χ1v) is 12.6. The van der Waals surface area contributed by atoms with Gasteiger partial charge in [-0.15, -0.1) is 0 Å². The van der Waals surface area contributed by atoms with Gasteiger partial charge in [0.25, 0.3) is 5.56 Å². The lowest BCUT2D eigenvalue weighted by Gasteiger charge is -2.25. The highest BCUT2D eigenvalue weighted by atomic mass is 32.2. The van der Waals surface area contributed by atoms with Crippen molar-refractivity contribution < 1.29 is 22.7 Å². The first-order chi connectivity index (χ1) is 16.2. The minimum atomic E-state index is -4.16. The summed E-state index contributed by atoms with van der Waals surface area (Å²) in [5.41, 5.74) is 2.55. The predicted molar refractivity (Wildman–Crippen MR) is 128 cm³/mol. The SMILES string of the molecule is COC(=O)c1ccccc1S(=O)(=O)N(Cc1cc2c(C)ccc(C)c2[nH]c1=O)C[C@@H]1CCCO1. The second kappa shape index (κ2) is 9.69. The van der Waals surface area contributed by atoms with Crippen molar-refractivity contribution in [2.75, 3.05) is 20.3 Å². The summed E-state index contributed by atoms with van der Waals surface area (Å²) in [5, 5.41) is 0.860. The van der Waals surface area contributed by atoms with E-state index in [0.29, 0.717) is 12.2 Å². The zero-order chi connectivity index (χ0) is 24.5. The maximum atomic E-state index is 13.8. The Morgan fingerprint density at radius 3 is 2.62 bits per heavy atom. The number of ether oxygens (including phenoxy) is 2. The second-order valence-electron chi connectivity index (χ2n) is 8.53. The van der Waals surface area contributed by atoms with Crippen LogP contribution in [-0.2, 0) is 26.0 Å². The van der Waals surface area contributed by atoms with Gasteiger partial charge in [0.2, 0.25) is 10.0 Å². The first-order valence-electron chi connectivity index (χ1n) is 11.1. The van der Waals surface area contributed by atoms with Crippen LogP contribution in [-0.4, -0.2) is 50.0 Å². The number of hydrogen-bond acceptors (Lipinski definition) is 6. The average Bonchev–Trinajstić information content (AvgIpc) is 3.34. The fourth-order valence-corrected chi connectivity index (χ4v) is 5.93. The normalized spacial score (nSPS) is 16.3. The molecule has 1 aromatic heterocycles. The number of rotatable bonds is 7. The molecule has 1 aliphatic heterocycles. The van der Waals surface area contributed by atoms with Gasteiger partial charge < -0.3 is 14.5 Å². The standard InChI is InChI=1S/C25H28N2O6S/c1-16-10-11-17(2)23-21(16)13-18(24(28)26-23)14-27(15-19-7-6-12-33-19)34(30,31)22-9-5-4-8-20(22)25(29)32-3/h4-5,8-11,13,19H,6-7,12,14-15H2,1-3H3,(H,26,28)/t19-/m0/s1. The Labute approximate surface area is 198 Å². The first kappa shape index (κ1) is 24.1. The second-order valence-corrected chi connectivity index (χ2v) is 10.4. The van der Waals surface area contributed by atoms with Gasteiger partial charge in [-0.25, -0.2) is 13.2 Å². The van der Waals surface area contributed by atoms with Crippen LogP contribution < -0.4 is 5.56 Å². The number of esters is 1. The van der Waals surface area contributed by atoms with Crippen LogP contribution in [0, 0.1) is 13.8 Å². The van der Waals surface area contributed by atoms with E-state index in [1.54, 1.807) is 18.2 Å². The van der Waals surface area contributed by atoms with Crippen LogP contribution in [0.2, 0.25) is 0 Å². The van der Waals surface area contributed by atoms with Crippen LogP contribution in [0.25, 0.3) is 10.9 Å². The number of carbonyl (C=O) groups excluding carboxylic acids is 1. The molecule has 4 rings (SSSR count). The zero-order valence-electron chi connectivity index (χ0n) is 19.5. The molecule has 0 bridgehead atoms. The molecule has 2 heterocycles. The summed E-state index contributed by atoms with van der Waals surface area (Å²) in [4.78, 5) is 28.0. The molecule has 1 N–H and O–H groups in total. The fourth-order valence-electron chi connectivity index (χ4n) is 4.30. The summed E-state index contributed by atoms with van der Waals surface area (Å²) >= 11 is 0. The van der Waals surface area contributed by atoms with Gasteiger partial charge in [-0.3, -0.25) is 4.79 Å². The molecule has 0 unspecified atom stereocenters. The highest BCUT2D eigenvalue weighted by Crippen LogP contribution is 2.26. The van der Waals surface area contributed by atoms with Crippen molar-refractivity contribution in [3.05, 3.63) is 75.1 Å². The molecule has 9 heteroatoms. The molecule has 1 aliphatic rings. The number of hydrogen-bond donors (Lipinski definition) is 1. The van der Waals surface area contributed by atoms with Crippen molar-refractivity contribution in [2.45, 2.75) is 44.2 Å². The number of nitrogens with one attached hydrogen (secondary N) is 1. The summed E-state index contributed by atoms with van der Waals surface area (Å²) in [6.07, 6.45) is 1.27. The number of methoxy groups -OCH3 is 1. The minimum absolute atomic E-state index is 0.0544. The van der Waals surface area contributed by atoms with Crippen LogP contribution >= 0.6 is 0 Å². The number of nitrogens with zero attached hydrogens (tertiary/aromatic N) is 1. The van der Waals surface area contributed by atoms with Gasteiger partial charge in [0.1, 0.15) is 0 Å². The largest absolute Gasteiger partial charge is 0.465 e. The number of fused-ring (bicyclic) bond motifs is 1. The van der Waals surface area contributed by atoms with Gasteiger partial charge in [-0.05, 0) is 56.0 Å². The van der Waals surface area contributed by atoms with E-state index in [-0.39, 0.29) is 35.2 Å². The van der Waals surface area contributed by atoms with Crippen molar-refractivity contribution >= 4 is 26.9 Å². The Hall–Kier alpha value is -3.01. The van der Waals surface area contributed by atoms with E-state index in [2.05, 4.69) is 4.98 Å². The van der Waals surface area contributed by atoms with Gasteiger partial charge in [0.15, 0.2) is 0 Å². The van der Waals surface area contributed by atoms with E-state index < -0.39 is 16.0 Å². The fraction of sp³-hybridized carbons (Fsp3) is 0.360. The number of aromatic amines is 1. The Bertz CT molecular complexity index is 1390. The summed E-state index contributed by atoms with van der Waals surface area (Å²) in [6, 6.07) is 11.6. The number of pyridine rings is 1. The molecule has 1 atom stereocenters. The highest BCUT2D eigenvalue weighted by Gasteiger charge is 2.33. The van der Waals surface area contributed by atoms with E-state index in [1.165, 1.54) is 23.5 Å². The molecule has 0 saturated carbocycles. The summed E-state index contributed by atoms with van der Waals surface area (Å²) in [5.74, 6) is -0.745. The summed E-state index contributed by atoms with van der Waals surface area (Å²) in [6.45, 7) is 4.33. The summed E-state index contributed by atoms with van der Waals surface area (Å²) in [7, 11) is -2.96. The predicted octanol–water partition coefficient (Wildman–Crippen LogP) is 3.30. The number of benzene rings is 2. The molecule has 0 aliphatic carbocycles. The molecule has 1 saturated heterocycles. The lowest BCUT2D eigenvalue weighted by atomic mass is 10.0. The Morgan fingerprint density at radius 2 is 1.91 bits per heavy atom. The van der Waals surface area contributed by atoms with Crippen molar-refractivity contribution in [1.82, 2.24) is 9.29 Å². The number of aryl methyl sites for hydroxylation is 2. The smallest absolute Gasteiger partial charge is 0.339 e. The third-order valence-electron chi connectivity index (χ3n) is 6.21. The minimum Gasteiger partial charge on any atom is -0.465 e. The quantitative estimate of drug-likeness (QED) is 0.516. The lowest BCUT2D eigenvalue weighted by Crippen LogP contribution is -2.39. The van der Waals surface area contributed by atoms with E-state index in [0.717, 1.165) is 34.9 Å². The molecule has 0 radical (unpaired) electrons. The summed E-state index contributed by atoms with van der Waals surface area (Å²) < 4.78 is 39.3. The van der Waals surface area contributed by atoms with Gasteiger partial charge in [-0.1, -0.05) is 24.3 Å². The van der Waals surface area contributed by atoms with Gasteiger partial charge >= 0.3 is 5.97 Å². The van der Waals surface area contributed by atoms with Crippen LogP contribution in [0.1, 0.15) is 39.9 Å². The van der Waals surface area contributed by atoms with E-state index in [9.17, 15) is 18.0 Å². The van der Waals surface area contributed by atoms with Crippen LogP contribution in [0.4, 0.5) is 0 Å². The highest BCUT2D eigenvalue weighted by molar-refractivity contribution is 7.89. The molecule has 3 aromatic rings. The number of sulfonamides is 1. The number of H-pyrrole nitrogens is 1. The molecule has 1 fully saturated rings. The Balaban J connectivity index is 1.80. The van der Waals surface area contributed by atoms with E-state index >= 15 is 0 Å². The Morgan fingerprint density at radius 1 is 1.18 bits per heavy atom. The van der Waals surface area contributed by atoms with Gasteiger partial charge in [-0.2, -0.15) is 4.31 Å². The number of carbonyl (C=O) groups is 1. The van der Waals surface area contributed by atoms with Crippen molar-refractivity contribution in [1.29, 1.82) is 0 Å². The maximum Gasteiger partial charge on any atom is 0.339 e. The monoisotopic (exact) mass is 484 g/mol. The molecule has 0 amide bonds. The average molecular weight is 485 g/mol. The molecular weight excluding hydrogens is 456 g/mol. The molecule has 8 nitrogen and oxygen atoms in total. The van der Waals surface area contributed by atoms with Crippen molar-refractivity contribution in [3.8, 4) is 0 Å². The zero-order valence-corrected chi connectivity index (χ0v) is 20.3. The third-order valence-corrected chi connectivity index (χ3v) is 8.08. The van der Waals surface area contributed by atoms with E-state index in [1.807, 2.05) is 26.0 Å². The molecule has 2 aromatic carbocycles. The van der Waals surface area contributed by atoms with Gasteiger partial charge in [0, 0.05) is 30.6 Å². The topological polar surface area (TPSA) is 106 Å². The van der Waals surface area contributed by atoms with Crippen LogP contribution in [0.15, 0.2) is 52.2 Å². The Kier molecular flexibility index (Phi) is 6.88. The maximum absolute atomic E-state index is 13.8. The van der Waals surface area contributed by atoms with Crippen LogP contribution in [0.3, 0.4) is 0 Å².